The zero-order valence-corrected chi connectivity index (χ0v) is 14.6. The van der Waals surface area contributed by atoms with Crippen molar-refractivity contribution in [3.05, 3.63) is 47.5 Å². The number of nitrogens with zero attached hydrogens (tertiary/aromatic N) is 5. The van der Waals surface area contributed by atoms with Gasteiger partial charge in [0.15, 0.2) is 0 Å². The molecular formula is C19H27N5. The Bertz CT molecular complexity index is 672. The maximum absolute atomic E-state index is 4.41. The van der Waals surface area contributed by atoms with Crippen LogP contribution in [0.3, 0.4) is 0 Å². The molecule has 1 atom stereocenters. The number of hydrogen-bond donors (Lipinski definition) is 0. The van der Waals surface area contributed by atoms with Gasteiger partial charge in [-0.15, -0.1) is 0 Å². The van der Waals surface area contributed by atoms with E-state index < -0.39 is 0 Å². The van der Waals surface area contributed by atoms with Crippen LogP contribution in [0, 0.1) is 0 Å². The molecule has 2 aliphatic rings. The Morgan fingerprint density at radius 2 is 1.88 bits per heavy atom. The molecule has 1 saturated heterocycles. The van der Waals surface area contributed by atoms with Crippen molar-refractivity contribution in [2.24, 2.45) is 0 Å². The molecule has 0 saturated carbocycles. The molecule has 1 fully saturated rings. The van der Waals surface area contributed by atoms with E-state index >= 15 is 0 Å². The quantitative estimate of drug-likeness (QED) is 0.861. The van der Waals surface area contributed by atoms with Crippen LogP contribution in [0.15, 0.2) is 30.6 Å². The molecule has 1 aliphatic carbocycles. The van der Waals surface area contributed by atoms with Gasteiger partial charge in [-0.25, -0.2) is 9.67 Å². The molecule has 0 amide bonds. The number of aromatic nitrogens is 3. The zero-order chi connectivity index (χ0) is 16.4. The summed E-state index contributed by atoms with van der Waals surface area (Å²) < 4.78 is 2.00. The summed E-state index contributed by atoms with van der Waals surface area (Å²) in [7, 11) is 0. The van der Waals surface area contributed by atoms with E-state index in [9.17, 15) is 0 Å². The van der Waals surface area contributed by atoms with Crippen molar-refractivity contribution in [3.8, 4) is 0 Å². The normalized spacial score (nSPS) is 22.5. The molecule has 0 radical (unpaired) electrons. The minimum atomic E-state index is 0.723. The van der Waals surface area contributed by atoms with Gasteiger partial charge in [-0.3, -0.25) is 9.80 Å². The van der Waals surface area contributed by atoms with Crippen LogP contribution >= 0.6 is 0 Å². The van der Waals surface area contributed by atoms with Crippen molar-refractivity contribution >= 4 is 0 Å². The monoisotopic (exact) mass is 325 g/mol. The Hall–Kier alpha value is -1.72. The van der Waals surface area contributed by atoms with Gasteiger partial charge in [-0.1, -0.05) is 24.3 Å². The van der Waals surface area contributed by atoms with E-state index in [2.05, 4.69) is 51.1 Å². The highest BCUT2D eigenvalue weighted by atomic mass is 15.4. The summed E-state index contributed by atoms with van der Waals surface area (Å²) in [5.41, 5.74) is 3.12. The third-order valence-electron chi connectivity index (χ3n) is 5.60. The van der Waals surface area contributed by atoms with Crippen molar-refractivity contribution in [2.75, 3.05) is 26.2 Å². The summed E-state index contributed by atoms with van der Waals surface area (Å²) in [6, 6.07) is 9.69. The third kappa shape index (κ3) is 3.23. The smallest absolute Gasteiger partial charge is 0.140 e. The van der Waals surface area contributed by atoms with E-state index in [0.29, 0.717) is 0 Å². The van der Waals surface area contributed by atoms with E-state index in [4.69, 9.17) is 0 Å². The molecule has 2 heterocycles. The van der Waals surface area contributed by atoms with Gasteiger partial charge >= 0.3 is 0 Å². The highest BCUT2D eigenvalue weighted by molar-refractivity contribution is 5.30. The van der Waals surface area contributed by atoms with Gasteiger partial charge in [0.05, 0.1) is 6.54 Å². The molecule has 1 aromatic carbocycles. The van der Waals surface area contributed by atoms with Crippen molar-refractivity contribution in [3.63, 3.8) is 0 Å². The standard InChI is InChI=1S/C19H27N5/c1-2-24-19(20-15-21-24)14-22-9-11-23(12-10-22)18-8-7-16-5-3-4-6-17(16)13-18/h3-6,15,18H,2,7-14H2,1H3. The summed E-state index contributed by atoms with van der Waals surface area (Å²) in [5.74, 6) is 1.09. The lowest BCUT2D eigenvalue weighted by Crippen LogP contribution is -2.51. The van der Waals surface area contributed by atoms with Gasteiger partial charge in [0.1, 0.15) is 12.2 Å². The fraction of sp³-hybridized carbons (Fsp3) is 0.579. The predicted molar refractivity (Wildman–Crippen MR) is 94.8 cm³/mol. The number of piperazine rings is 1. The molecule has 0 bridgehead atoms. The maximum Gasteiger partial charge on any atom is 0.140 e. The topological polar surface area (TPSA) is 37.2 Å². The lowest BCUT2D eigenvalue weighted by molar-refractivity contribution is 0.0834. The van der Waals surface area contributed by atoms with Gasteiger partial charge in [-0.2, -0.15) is 5.10 Å². The Labute approximate surface area is 144 Å². The summed E-state index contributed by atoms with van der Waals surface area (Å²) in [4.78, 5) is 9.63. The number of hydrogen-bond acceptors (Lipinski definition) is 4. The fourth-order valence-corrected chi connectivity index (χ4v) is 4.15. The average molecular weight is 325 g/mol. The number of rotatable bonds is 4. The molecule has 2 aromatic rings. The van der Waals surface area contributed by atoms with Gasteiger partial charge in [0.2, 0.25) is 0 Å². The summed E-state index contributed by atoms with van der Waals surface area (Å²) >= 11 is 0. The molecule has 0 N–H and O–H groups in total. The van der Waals surface area contributed by atoms with Crippen LogP contribution in [-0.4, -0.2) is 56.8 Å². The Kier molecular flexibility index (Phi) is 4.63. The van der Waals surface area contributed by atoms with Crippen LogP contribution in [0.25, 0.3) is 0 Å². The predicted octanol–water partition coefficient (Wildman–Crippen LogP) is 1.97. The van der Waals surface area contributed by atoms with Crippen LogP contribution < -0.4 is 0 Å². The molecule has 4 rings (SSSR count). The van der Waals surface area contributed by atoms with E-state index in [1.54, 1.807) is 17.5 Å². The van der Waals surface area contributed by atoms with Gasteiger partial charge in [-0.05, 0) is 37.3 Å². The fourth-order valence-electron chi connectivity index (χ4n) is 4.15. The number of aryl methyl sites for hydroxylation is 2. The average Bonchev–Trinajstić information content (AvgIpc) is 3.09. The highest BCUT2D eigenvalue weighted by Gasteiger charge is 2.27. The van der Waals surface area contributed by atoms with Crippen molar-refractivity contribution in [1.29, 1.82) is 0 Å². The first-order chi connectivity index (χ1) is 11.8. The second kappa shape index (κ2) is 7.03. The lowest BCUT2D eigenvalue weighted by atomic mass is 9.87. The molecule has 1 unspecified atom stereocenters. The van der Waals surface area contributed by atoms with E-state index in [1.807, 2.05) is 4.68 Å². The number of fused-ring (bicyclic) bond motifs is 1. The number of benzene rings is 1. The van der Waals surface area contributed by atoms with Crippen LogP contribution in [0.4, 0.5) is 0 Å². The molecule has 5 nitrogen and oxygen atoms in total. The highest BCUT2D eigenvalue weighted by Crippen LogP contribution is 2.25. The first-order valence-electron chi connectivity index (χ1n) is 9.23. The molecule has 0 spiro atoms. The summed E-state index contributed by atoms with van der Waals surface area (Å²) in [6.07, 6.45) is 5.44. The first-order valence-corrected chi connectivity index (χ1v) is 9.23. The van der Waals surface area contributed by atoms with Gasteiger partial charge in [0.25, 0.3) is 0 Å². The van der Waals surface area contributed by atoms with Gasteiger partial charge in [0, 0.05) is 38.8 Å². The maximum atomic E-state index is 4.41. The second-order valence-electron chi connectivity index (χ2n) is 6.97. The van der Waals surface area contributed by atoms with Crippen molar-refractivity contribution in [1.82, 2.24) is 24.6 Å². The second-order valence-corrected chi connectivity index (χ2v) is 6.97. The van der Waals surface area contributed by atoms with E-state index in [0.717, 1.165) is 38.0 Å². The van der Waals surface area contributed by atoms with Crippen LogP contribution in [-0.2, 0) is 25.9 Å². The van der Waals surface area contributed by atoms with Crippen LogP contribution in [0.5, 0.6) is 0 Å². The van der Waals surface area contributed by atoms with E-state index in [1.165, 1.54) is 32.4 Å². The van der Waals surface area contributed by atoms with Gasteiger partial charge < -0.3 is 0 Å². The Morgan fingerprint density at radius 1 is 1.08 bits per heavy atom. The Balaban J connectivity index is 1.32. The summed E-state index contributed by atoms with van der Waals surface area (Å²) in [6.45, 7) is 8.56. The SMILES string of the molecule is CCn1ncnc1CN1CCN(C2CCc3ccccc3C2)CC1. The Morgan fingerprint density at radius 3 is 2.67 bits per heavy atom. The van der Waals surface area contributed by atoms with Crippen LogP contribution in [0.2, 0.25) is 0 Å². The molecule has 24 heavy (non-hydrogen) atoms. The molecule has 128 valence electrons. The van der Waals surface area contributed by atoms with E-state index in [-0.39, 0.29) is 0 Å². The first kappa shape index (κ1) is 15.8. The largest absolute Gasteiger partial charge is 0.298 e. The minimum Gasteiger partial charge on any atom is -0.298 e. The molecule has 1 aliphatic heterocycles. The minimum absolute atomic E-state index is 0.723. The third-order valence-corrected chi connectivity index (χ3v) is 5.60. The summed E-state index contributed by atoms with van der Waals surface area (Å²) in [5, 5.41) is 4.28. The zero-order valence-electron chi connectivity index (χ0n) is 14.6. The molecule has 5 heteroatoms. The van der Waals surface area contributed by atoms with Crippen LogP contribution in [0.1, 0.15) is 30.3 Å². The lowest BCUT2D eigenvalue weighted by Gasteiger charge is -2.41. The molecule has 1 aromatic heterocycles. The van der Waals surface area contributed by atoms with Crippen molar-refractivity contribution in [2.45, 2.75) is 45.3 Å². The molecular weight excluding hydrogens is 298 g/mol. The van der Waals surface area contributed by atoms with Crippen molar-refractivity contribution < 1.29 is 0 Å².